The lowest BCUT2D eigenvalue weighted by Gasteiger charge is -2.32. The first kappa shape index (κ1) is 19.2. The molecule has 0 unspecified atom stereocenters. The summed E-state index contributed by atoms with van der Waals surface area (Å²) in [5, 5.41) is 2.84. The maximum absolute atomic E-state index is 12.4. The number of rotatable bonds is 6. The van der Waals surface area contributed by atoms with Gasteiger partial charge in [-0.1, -0.05) is 60.2 Å². The molecule has 4 heteroatoms. The van der Waals surface area contributed by atoms with Crippen LogP contribution < -0.4 is 5.32 Å². The Kier molecular flexibility index (Phi) is 6.64. The van der Waals surface area contributed by atoms with Crippen molar-refractivity contribution in [3.8, 4) is 0 Å². The highest BCUT2D eigenvalue weighted by atomic mass is 16.2. The maximum atomic E-state index is 12.4. The third-order valence-corrected chi connectivity index (χ3v) is 5.26. The lowest BCUT2D eigenvalue weighted by atomic mass is 9.90. The molecule has 0 aromatic heterocycles. The number of benzene rings is 2. The zero-order chi connectivity index (χ0) is 19.1. The van der Waals surface area contributed by atoms with Gasteiger partial charge in [-0.15, -0.1) is 0 Å². The van der Waals surface area contributed by atoms with Crippen LogP contribution in [0, 0.1) is 12.8 Å². The number of amides is 2. The SMILES string of the molecule is Cc1ccc(CNC(=O)CC(=O)N2CCC(Cc3ccccc3)CC2)cc1. The number of nitrogens with one attached hydrogen (secondary N) is 1. The summed E-state index contributed by atoms with van der Waals surface area (Å²) in [5.74, 6) is 0.355. The van der Waals surface area contributed by atoms with Crippen molar-refractivity contribution in [2.75, 3.05) is 13.1 Å². The summed E-state index contributed by atoms with van der Waals surface area (Å²) in [4.78, 5) is 26.3. The van der Waals surface area contributed by atoms with Crippen LogP contribution in [0.1, 0.15) is 36.0 Å². The Hall–Kier alpha value is -2.62. The van der Waals surface area contributed by atoms with Crippen molar-refractivity contribution in [1.82, 2.24) is 10.2 Å². The lowest BCUT2D eigenvalue weighted by Crippen LogP contribution is -2.41. The average molecular weight is 364 g/mol. The Bertz CT molecular complexity index is 748. The highest BCUT2D eigenvalue weighted by molar-refractivity contribution is 5.96. The summed E-state index contributed by atoms with van der Waals surface area (Å²) in [6.45, 7) is 4.00. The molecule has 0 radical (unpaired) electrons. The van der Waals surface area contributed by atoms with E-state index in [9.17, 15) is 9.59 Å². The third kappa shape index (κ3) is 5.95. The maximum Gasteiger partial charge on any atom is 0.232 e. The summed E-state index contributed by atoms with van der Waals surface area (Å²) in [6, 6.07) is 18.5. The number of hydrogen-bond donors (Lipinski definition) is 1. The van der Waals surface area contributed by atoms with E-state index in [0.29, 0.717) is 12.5 Å². The van der Waals surface area contributed by atoms with Gasteiger partial charge in [-0.05, 0) is 43.2 Å². The largest absolute Gasteiger partial charge is 0.352 e. The second kappa shape index (κ2) is 9.36. The number of hydrogen-bond acceptors (Lipinski definition) is 2. The van der Waals surface area contributed by atoms with E-state index in [2.05, 4.69) is 29.6 Å². The topological polar surface area (TPSA) is 49.4 Å². The lowest BCUT2D eigenvalue weighted by molar-refractivity contribution is -0.137. The first-order valence-corrected chi connectivity index (χ1v) is 9.74. The van der Waals surface area contributed by atoms with Gasteiger partial charge in [-0.2, -0.15) is 0 Å². The van der Waals surface area contributed by atoms with Gasteiger partial charge >= 0.3 is 0 Å². The van der Waals surface area contributed by atoms with Crippen LogP contribution in [-0.4, -0.2) is 29.8 Å². The summed E-state index contributed by atoms with van der Waals surface area (Å²) in [7, 11) is 0. The minimum atomic E-state index is -0.202. The molecule has 2 aromatic carbocycles. The van der Waals surface area contributed by atoms with Gasteiger partial charge in [0.25, 0.3) is 0 Å². The van der Waals surface area contributed by atoms with Gasteiger partial charge in [0.15, 0.2) is 0 Å². The van der Waals surface area contributed by atoms with E-state index in [1.807, 2.05) is 42.2 Å². The fourth-order valence-corrected chi connectivity index (χ4v) is 3.55. The minimum Gasteiger partial charge on any atom is -0.352 e. The second-order valence-corrected chi connectivity index (χ2v) is 7.45. The molecular weight excluding hydrogens is 336 g/mol. The molecule has 4 nitrogen and oxygen atoms in total. The first-order valence-electron chi connectivity index (χ1n) is 9.74. The van der Waals surface area contributed by atoms with E-state index in [1.165, 1.54) is 11.1 Å². The Labute approximate surface area is 161 Å². The molecule has 1 aliphatic heterocycles. The molecule has 1 fully saturated rings. The summed E-state index contributed by atoms with van der Waals surface area (Å²) in [6.07, 6.45) is 3.02. The van der Waals surface area contributed by atoms with Crippen LogP contribution in [0.4, 0.5) is 0 Å². The van der Waals surface area contributed by atoms with E-state index >= 15 is 0 Å². The molecule has 0 atom stereocenters. The molecule has 0 spiro atoms. The van der Waals surface area contributed by atoms with Crippen molar-refractivity contribution in [1.29, 1.82) is 0 Å². The second-order valence-electron chi connectivity index (χ2n) is 7.45. The van der Waals surface area contributed by atoms with Crippen LogP contribution >= 0.6 is 0 Å². The molecule has 0 bridgehead atoms. The molecule has 1 saturated heterocycles. The highest BCUT2D eigenvalue weighted by Gasteiger charge is 2.24. The monoisotopic (exact) mass is 364 g/mol. The Morgan fingerprint density at radius 3 is 2.30 bits per heavy atom. The van der Waals surface area contributed by atoms with E-state index in [0.717, 1.165) is 37.9 Å². The standard InChI is InChI=1S/C23H28N2O2/c1-18-7-9-21(10-8-18)17-24-22(26)16-23(27)25-13-11-20(12-14-25)15-19-5-3-2-4-6-19/h2-10,20H,11-17H2,1H3,(H,24,26). The van der Waals surface area contributed by atoms with Crippen molar-refractivity contribution in [3.63, 3.8) is 0 Å². The predicted octanol–water partition coefficient (Wildman–Crippen LogP) is 3.48. The molecule has 1 aliphatic rings. The smallest absolute Gasteiger partial charge is 0.232 e. The number of nitrogens with zero attached hydrogens (tertiary/aromatic N) is 1. The van der Waals surface area contributed by atoms with Gasteiger partial charge in [0, 0.05) is 19.6 Å². The first-order chi connectivity index (χ1) is 13.1. The van der Waals surface area contributed by atoms with Gasteiger partial charge in [0.05, 0.1) is 0 Å². The molecule has 2 amide bonds. The van der Waals surface area contributed by atoms with Gasteiger partial charge in [0.1, 0.15) is 6.42 Å². The van der Waals surface area contributed by atoms with E-state index in [4.69, 9.17) is 0 Å². The molecule has 3 rings (SSSR count). The third-order valence-electron chi connectivity index (χ3n) is 5.26. The summed E-state index contributed by atoms with van der Waals surface area (Å²) >= 11 is 0. The van der Waals surface area contributed by atoms with Gasteiger partial charge in [-0.25, -0.2) is 0 Å². The number of likely N-dealkylation sites (tertiary alicyclic amines) is 1. The van der Waals surface area contributed by atoms with E-state index in [1.54, 1.807) is 0 Å². The normalized spacial score (nSPS) is 14.8. The Morgan fingerprint density at radius 2 is 1.63 bits per heavy atom. The van der Waals surface area contributed by atoms with Gasteiger partial charge in [-0.3, -0.25) is 9.59 Å². The average Bonchev–Trinajstić information content (AvgIpc) is 2.69. The molecule has 0 aliphatic carbocycles. The predicted molar refractivity (Wildman–Crippen MR) is 107 cm³/mol. The van der Waals surface area contributed by atoms with Crippen LogP contribution in [0.2, 0.25) is 0 Å². The van der Waals surface area contributed by atoms with Crippen molar-refractivity contribution in [2.24, 2.45) is 5.92 Å². The number of aryl methyl sites for hydroxylation is 1. The Balaban J connectivity index is 1.38. The molecule has 1 heterocycles. The van der Waals surface area contributed by atoms with Crippen LogP contribution in [-0.2, 0) is 22.6 Å². The molecule has 27 heavy (non-hydrogen) atoms. The number of carbonyl (C=O) groups is 2. The number of piperidine rings is 1. The van der Waals surface area contributed by atoms with Crippen molar-refractivity contribution < 1.29 is 9.59 Å². The fraction of sp³-hybridized carbons (Fsp3) is 0.391. The summed E-state index contributed by atoms with van der Waals surface area (Å²) in [5.41, 5.74) is 3.59. The van der Waals surface area contributed by atoms with Crippen molar-refractivity contribution >= 4 is 11.8 Å². The zero-order valence-electron chi connectivity index (χ0n) is 16.0. The number of carbonyl (C=O) groups excluding carboxylic acids is 2. The quantitative estimate of drug-likeness (QED) is 0.798. The fourth-order valence-electron chi connectivity index (χ4n) is 3.55. The summed E-state index contributed by atoms with van der Waals surface area (Å²) < 4.78 is 0. The van der Waals surface area contributed by atoms with E-state index < -0.39 is 0 Å². The van der Waals surface area contributed by atoms with Crippen LogP contribution in [0.25, 0.3) is 0 Å². The van der Waals surface area contributed by atoms with Crippen molar-refractivity contribution in [3.05, 3.63) is 71.3 Å². The molecule has 142 valence electrons. The molecule has 1 N–H and O–H groups in total. The highest BCUT2D eigenvalue weighted by Crippen LogP contribution is 2.22. The minimum absolute atomic E-state index is 0.0603. The van der Waals surface area contributed by atoms with E-state index in [-0.39, 0.29) is 18.2 Å². The van der Waals surface area contributed by atoms with Gasteiger partial charge < -0.3 is 10.2 Å². The van der Waals surface area contributed by atoms with Crippen LogP contribution in [0.3, 0.4) is 0 Å². The van der Waals surface area contributed by atoms with Crippen LogP contribution in [0.5, 0.6) is 0 Å². The molecular formula is C23H28N2O2. The van der Waals surface area contributed by atoms with Crippen LogP contribution in [0.15, 0.2) is 54.6 Å². The van der Waals surface area contributed by atoms with Crippen molar-refractivity contribution in [2.45, 2.75) is 39.2 Å². The van der Waals surface area contributed by atoms with Gasteiger partial charge in [0.2, 0.25) is 11.8 Å². The zero-order valence-corrected chi connectivity index (χ0v) is 16.0. The Morgan fingerprint density at radius 1 is 0.963 bits per heavy atom. The molecule has 2 aromatic rings. The molecule has 0 saturated carbocycles.